The van der Waals surface area contributed by atoms with Crippen molar-refractivity contribution >= 4 is 28.9 Å². The average Bonchev–Trinajstić information content (AvgIpc) is 3.57. The van der Waals surface area contributed by atoms with Crippen molar-refractivity contribution in [1.82, 2.24) is 15.0 Å². The van der Waals surface area contributed by atoms with Crippen LogP contribution in [0.2, 0.25) is 5.02 Å². The Kier molecular flexibility index (Phi) is 4.77. The van der Waals surface area contributed by atoms with E-state index in [-0.39, 0.29) is 6.61 Å². The summed E-state index contributed by atoms with van der Waals surface area (Å²) < 4.78 is 0. The number of nitrogens with one attached hydrogen (secondary N) is 2. The van der Waals surface area contributed by atoms with Gasteiger partial charge in [-0.25, -0.2) is 9.97 Å². The van der Waals surface area contributed by atoms with Gasteiger partial charge in [-0.1, -0.05) is 18.5 Å². The number of halogens is 1. The normalized spacial score (nSPS) is 19.4. The van der Waals surface area contributed by atoms with Gasteiger partial charge in [0, 0.05) is 35.8 Å². The van der Waals surface area contributed by atoms with Gasteiger partial charge in [-0.05, 0) is 42.7 Å². The number of hydrogen-bond donors (Lipinski definition) is 3. The fraction of sp³-hybridized carbons (Fsp3) is 0.304. The highest BCUT2D eigenvalue weighted by Crippen LogP contribution is 2.43. The van der Waals surface area contributed by atoms with Crippen molar-refractivity contribution in [2.45, 2.75) is 31.1 Å². The first-order valence-electron chi connectivity index (χ1n) is 10.2. The van der Waals surface area contributed by atoms with Crippen LogP contribution in [0.15, 0.2) is 36.7 Å². The lowest BCUT2D eigenvalue weighted by Gasteiger charge is -2.21. The molecule has 3 N–H and O–H groups in total. The number of pyridine rings is 1. The van der Waals surface area contributed by atoms with E-state index in [0.29, 0.717) is 34.7 Å². The molecule has 2 aliphatic rings. The number of anilines is 3. The molecule has 0 bridgehead atoms. The van der Waals surface area contributed by atoms with Gasteiger partial charge < -0.3 is 15.7 Å². The molecule has 1 aliphatic heterocycles. The van der Waals surface area contributed by atoms with Gasteiger partial charge in [0.25, 0.3) is 0 Å². The molecular weight excluding hydrogens is 412 g/mol. The van der Waals surface area contributed by atoms with Crippen molar-refractivity contribution in [3.63, 3.8) is 0 Å². The van der Waals surface area contributed by atoms with Gasteiger partial charge in [0.1, 0.15) is 6.07 Å². The predicted octanol–water partition coefficient (Wildman–Crippen LogP) is 4.36. The number of benzene rings is 1. The third kappa shape index (κ3) is 3.58. The van der Waals surface area contributed by atoms with Crippen LogP contribution in [0, 0.1) is 11.3 Å². The summed E-state index contributed by atoms with van der Waals surface area (Å²) in [5.41, 5.74) is 5.08. The Labute approximate surface area is 185 Å². The Morgan fingerprint density at radius 3 is 2.90 bits per heavy atom. The first-order valence-corrected chi connectivity index (χ1v) is 10.6. The molecule has 1 atom stereocenters. The van der Waals surface area contributed by atoms with Crippen molar-refractivity contribution in [2.75, 3.05) is 23.8 Å². The number of aromatic nitrogens is 3. The molecule has 1 fully saturated rings. The molecule has 31 heavy (non-hydrogen) atoms. The SMILES string of the molecule is C[C@]1(CO)CNc2c(C#N)cc(-c3ccnc(Nc4cc(Cl)cnc4C4CC4)n3)cc21. The van der Waals surface area contributed by atoms with E-state index in [1.165, 1.54) is 0 Å². The molecule has 1 aliphatic carbocycles. The summed E-state index contributed by atoms with van der Waals surface area (Å²) in [5, 5.41) is 26.7. The average molecular weight is 433 g/mol. The Hall–Kier alpha value is -3.21. The summed E-state index contributed by atoms with van der Waals surface area (Å²) in [4.78, 5) is 13.5. The Morgan fingerprint density at radius 2 is 2.16 bits per heavy atom. The molecule has 156 valence electrons. The van der Waals surface area contributed by atoms with Crippen LogP contribution >= 0.6 is 11.6 Å². The Bertz CT molecular complexity index is 1220. The maximum atomic E-state index is 9.93. The third-order valence-electron chi connectivity index (χ3n) is 5.96. The summed E-state index contributed by atoms with van der Waals surface area (Å²) in [6.45, 7) is 2.55. The highest BCUT2D eigenvalue weighted by atomic mass is 35.5. The van der Waals surface area contributed by atoms with Crippen LogP contribution in [0.25, 0.3) is 11.3 Å². The van der Waals surface area contributed by atoms with Crippen LogP contribution in [0.1, 0.15) is 42.5 Å². The smallest absolute Gasteiger partial charge is 0.227 e. The first-order chi connectivity index (χ1) is 15.0. The highest BCUT2D eigenvalue weighted by molar-refractivity contribution is 6.30. The summed E-state index contributed by atoms with van der Waals surface area (Å²) in [5.74, 6) is 0.882. The number of nitriles is 1. The number of hydrogen-bond acceptors (Lipinski definition) is 7. The van der Waals surface area contributed by atoms with E-state index < -0.39 is 5.41 Å². The van der Waals surface area contributed by atoms with Gasteiger partial charge in [0.15, 0.2) is 0 Å². The van der Waals surface area contributed by atoms with Gasteiger partial charge >= 0.3 is 0 Å². The number of nitrogens with zero attached hydrogens (tertiary/aromatic N) is 4. The van der Waals surface area contributed by atoms with E-state index in [1.807, 2.05) is 31.2 Å². The van der Waals surface area contributed by atoms with Gasteiger partial charge in [-0.15, -0.1) is 0 Å². The summed E-state index contributed by atoms with van der Waals surface area (Å²) in [7, 11) is 0. The second kappa shape index (κ2) is 7.49. The largest absolute Gasteiger partial charge is 0.395 e. The van der Waals surface area contributed by atoms with E-state index in [4.69, 9.17) is 11.6 Å². The monoisotopic (exact) mass is 432 g/mol. The van der Waals surface area contributed by atoms with Crippen molar-refractivity contribution in [3.8, 4) is 17.3 Å². The fourth-order valence-corrected chi connectivity index (χ4v) is 4.15. The molecular formula is C23H21ClN6O. The van der Waals surface area contributed by atoms with E-state index in [2.05, 4.69) is 31.7 Å². The Morgan fingerprint density at radius 1 is 1.32 bits per heavy atom. The predicted molar refractivity (Wildman–Crippen MR) is 120 cm³/mol. The quantitative estimate of drug-likeness (QED) is 0.549. The van der Waals surface area contributed by atoms with Crippen LogP contribution in [0.4, 0.5) is 17.3 Å². The zero-order chi connectivity index (χ0) is 21.6. The van der Waals surface area contributed by atoms with Crippen LogP contribution < -0.4 is 10.6 Å². The summed E-state index contributed by atoms with van der Waals surface area (Å²) >= 11 is 6.16. The molecule has 0 spiro atoms. The zero-order valence-electron chi connectivity index (χ0n) is 17.0. The van der Waals surface area contributed by atoms with Gasteiger partial charge in [0.2, 0.25) is 5.95 Å². The molecule has 0 unspecified atom stereocenters. The number of fused-ring (bicyclic) bond motifs is 1. The summed E-state index contributed by atoms with van der Waals surface area (Å²) in [6.07, 6.45) is 5.59. The number of rotatable bonds is 5. The minimum absolute atomic E-state index is 0.0103. The number of aliphatic hydroxyl groups is 1. The first kappa shape index (κ1) is 19.7. The fourth-order valence-electron chi connectivity index (χ4n) is 4.00. The third-order valence-corrected chi connectivity index (χ3v) is 6.17. The van der Waals surface area contributed by atoms with E-state index >= 15 is 0 Å². The molecule has 1 aromatic carbocycles. The molecule has 2 aromatic heterocycles. The molecule has 1 saturated carbocycles. The molecule has 8 heteroatoms. The minimum atomic E-state index is -0.448. The van der Waals surface area contributed by atoms with Crippen molar-refractivity contribution in [2.24, 2.45) is 0 Å². The van der Waals surface area contributed by atoms with Gasteiger partial charge in [0.05, 0.1) is 40.0 Å². The van der Waals surface area contributed by atoms with Gasteiger partial charge in [-0.2, -0.15) is 5.26 Å². The maximum absolute atomic E-state index is 9.93. The minimum Gasteiger partial charge on any atom is -0.395 e. The maximum Gasteiger partial charge on any atom is 0.227 e. The molecule has 0 radical (unpaired) electrons. The zero-order valence-corrected chi connectivity index (χ0v) is 17.7. The lowest BCUT2D eigenvalue weighted by atomic mass is 9.83. The van der Waals surface area contributed by atoms with Crippen LogP contribution in [0.5, 0.6) is 0 Å². The second-order valence-electron chi connectivity index (χ2n) is 8.38. The van der Waals surface area contributed by atoms with Crippen LogP contribution in [0.3, 0.4) is 0 Å². The molecule has 7 nitrogen and oxygen atoms in total. The highest BCUT2D eigenvalue weighted by Gasteiger charge is 2.36. The topological polar surface area (TPSA) is 107 Å². The molecule has 0 saturated heterocycles. The Balaban J connectivity index is 1.53. The van der Waals surface area contributed by atoms with Crippen molar-refractivity contribution in [3.05, 3.63) is 58.5 Å². The molecule has 0 amide bonds. The van der Waals surface area contributed by atoms with Crippen LogP contribution in [-0.4, -0.2) is 33.2 Å². The second-order valence-corrected chi connectivity index (χ2v) is 8.82. The summed E-state index contributed by atoms with van der Waals surface area (Å²) in [6, 6.07) is 9.73. The number of aliphatic hydroxyl groups excluding tert-OH is 1. The van der Waals surface area contributed by atoms with Gasteiger partial charge in [-0.3, -0.25) is 4.98 Å². The van der Waals surface area contributed by atoms with Crippen molar-refractivity contribution < 1.29 is 5.11 Å². The lowest BCUT2D eigenvalue weighted by molar-refractivity contribution is 0.219. The molecule has 3 heterocycles. The van der Waals surface area contributed by atoms with E-state index in [0.717, 1.165) is 41.0 Å². The molecule has 5 rings (SSSR count). The standard InChI is InChI=1S/C23H21ClN6O/c1-23(12-31)11-28-20-15(9-25)6-14(7-17(20)23)18-4-5-26-22(29-18)30-19-8-16(24)10-27-21(19)13-2-3-13/h4-8,10,13,28,31H,2-3,11-12H2,1H3,(H,26,29,30)/t23-/m1/s1. The lowest BCUT2D eigenvalue weighted by Crippen LogP contribution is -2.28. The van der Waals surface area contributed by atoms with E-state index in [9.17, 15) is 10.4 Å². The molecule has 3 aromatic rings. The van der Waals surface area contributed by atoms with Crippen molar-refractivity contribution in [1.29, 1.82) is 5.26 Å². The van der Waals surface area contributed by atoms with Crippen LogP contribution in [-0.2, 0) is 5.41 Å². The van der Waals surface area contributed by atoms with E-state index in [1.54, 1.807) is 12.4 Å².